The van der Waals surface area contributed by atoms with Gasteiger partial charge >= 0.3 is 0 Å². The number of carbonyl (C=O) groups is 2. The van der Waals surface area contributed by atoms with Gasteiger partial charge in [-0.1, -0.05) is 50.2 Å². The molecule has 5 nitrogen and oxygen atoms in total. The van der Waals surface area contributed by atoms with E-state index in [2.05, 4.69) is 30.2 Å². The zero-order chi connectivity index (χ0) is 21.1. The summed E-state index contributed by atoms with van der Waals surface area (Å²) in [5, 5.41) is 2.98. The lowest BCUT2D eigenvalue weighted by molar-refractivity contribution is 0.0980. The molecule has 1 aliphatic heterocycles. The monoisotopic (exact) mass is 399 g/mol. The first-order chi connectivity index (χ1) is 14.5. The molecule has 0 saturated carbocycles. The Morgan fingerprint density at radius 2 is 1.80 bits per heavy atom. The Morgan fingerprint density at radius 1 is 1.03 bits per heavy atom. The van der Waals surface area contributed by atoms with Crippen molar-refractivity contribution in [1.82, 2.24) is 4.98 Å². The number of hydrogen-bond acceptors (Lipinski definition) is 3. The molecule has 1 aromatic heterocycles. The second kappa shape index (κ2) is 8.49. The third kappa shape index (κ3) is 3.96. The number of carbonyl (C=O) groups excluding carboxylic acids is 2. The molecule has 4 rings (SSSR count). The topological polar surface area (TPSA) is 62.3 Å². The third-order valence-corrected chi connectivity index (χ3v) is 5.43. The summed E-state index contributed by atoms with van der Waals surface area (Å²) < 4.78 is 0. The van der Waals surface area contributed by atoms with E-state index in [4.69, 9.17) is 0 Å². The van der Waals surface area contributed by atoms with Gasteiger partial charge in [0.15, 0.2) is 0 Å². The van der Waals surface area contributed by atoms with Crippen molar-refractivity contribution in [3.8, 4) is 0 Å². The van der Waals surface area contributed by atoms with Crippen molar-refractivity contribution in [2.45, 2.75) is 32.6 Å². The van der Waals surface area contributed by atoms with Crippen molar-refractivity contribution in [3.05, 3.63) is 89.2 Å². The fraction of sp³-hybridized carbons (Fsp3) is 0.240. The number of nitrogens with one attached hydrogen (secondary N) is 1. The quantitative estimate of drug-likeness (QED) is 0.668. The normalized spacial score (nSPS) is 13.1. The van der Waals surface area contributed by atoms with Gasteiger partial charge in [-0.15, -0.1) is 0 Å². The van der Waals surface area contributed by atoms with Gasteiger partial charge in [0.2, 0.25) is 0 Å². The lowest BCUT2D eigenvalue weighted by atomic mass is 10.0. The van der Waals surface area contributed by atoms with Crippen LogP contribution in [0.5, 0.6) is 0 Å². The average Bonchev–Trinajstić information content (AvgIpc) is 2.78. The van der Waals surface area contributed by atoms with Gasteiger partial charge in [-0.3, -0.25) is 14.6 Å². The Bertz CT molecular complexity index is 1090. The summed E-state index contributed by atoms with van der Waals surface area (Å²) in [6.45, 7) is 4.82. The molecule has 2 aromatic carbocycles. The third-order valence-electron chi connectivity index (χ3n) is 5.43. The molecule has 0 aliphatic carbocycles. The molecule has 0 spiro atoms. The maximum Gasteiger partial charge on any atom is 0.276 e. The Kier molecular flexibility index (Phi) is 5.61. The zero-order valence-electron chi connectivity index (χ0n) is 17.3. The number of anilines is 2. The van der Waals surface area contributed by atoms with E-state index in [0.29, 0.717) is 12.1 Å². The van der Waals surface area contributed by atoms with E-state index in [9.17, 15) is 9.59 Å². The van der Waals surface area contributed by atoms with Gasteiger partial charge < -0.3 is 10.2 Å². The predicted octanol–water partition coefficient (Wildman–Crippen LogP) is 5.05. The van der Waals surface area contributed by atoms with E-state index < -0.39 is 0 Å². The molecule has 1 N–H and O–H groups in total. The summed E-state index contributed by atoms with van der Waals surface area (Å²) in [6, 6.07) is 18.9. The molecule has 1 aliphatic rings. The number of nitrogens with zero attached hydrogens (tertiary/aromatic N) is 2. The van der Waals surface area contributed by atoms with Gasteiger partial charge in [0, 0.05) is 29.7 Å². The Morgan fingerprint density at radius 3 is 2.63 bits per heavy atom. The lowest BCUT2D eigenvalue weighted by Gasteiger charge is -2.29. The maximum atomic E-state index is 13.2. The summed E-state index contributed by atoms with van der Waals surface area (Å²) >= 11 is 0. The van der Waals surface area contributed by atoms with Crippen LogP contribution in [0.4, 0.5) is 11.4 Å². The number of rotatable bonds is 4. The van der Waals surface area contributed by atoms with Crippen molar-refractivity contribution < 1.29 is 9.59 Å². The van der Waals surface area contributed by atoms with E-state index in [1.54, 1.807) is 17.0 Å². The van der Waals surface area contributed by atoms with Crippen LogP contribution in [-0.2, 0) is 6.42 Å². The minimum atomic E-state index is -0.251. The second-order valence-electron chi connectivity index (χ2n) is 7.81. The molecule has 3 aromatic rings. The second-order valence-corrected chi connectivity index (χ2v) is 7.81. The van der Waals surface area contributed by atoms with E-state index >= 15 is 0 Å². The number of fused-ring (bicyclic) bond motifs is 1. The van der Waals surface area contributed by atoms with E-state index in [1.807, 2.05) is 42.5 Å². The first kappa shape index (κ1) is 19.8. The van der Waals surface area contributed by atoms with Crippen LogP contribution in [0.3, 0.4) is 0 Å². The average molecular weight is 399 g/mol. The first-order valence-corrected chi connectivity index (χ1v) is 10.3. The smallest absolute Gasteiger partial charge is 0.276 e. The number of benzene rings is 2. The Labute approximate surface area is 176 Å². The predicted molar refractivity (Wildman–Crippen MR) is 119 cm³/mol. The highest BCUT2D eigenvalue weighted by Gasteiger charge is 2.24. The number of aryl methyl sites for hydroxylation is 1. The molecule has 0 saturated heterocycles. The number of aromatic nitrogens is 1. The molecule has 152 valence electrons. The number of pyridine rings is 1. The summed E-state index contributed by atoms with van der Waals surface area (Å²) in [5.41, 5.74) is 4.63. The molecule has 0 unspecified atom stereocenters. The number of hydrogen-bond donors (Lipinski definition) is 1. The highest BCUT2D eigenvalue weighted by Crippen LogP contribution is 2.28. The molecule has 0 bridgehead atoms. The van der Waals surface area contributed by atoms with Crippen molar-refractivity contribution in [1.29, 1.82) is 0 Å². The zero-order valence-corrected chi connectivity index (χ0v) is 17.3. The molecule has 0 radical (unpaired) electrons. The van der Waals surface area contributed by atoms with Gasteiger partial charge in [0.1, 0.15) is 5.69 Å². The minimum absolute atomic E-state index is 0.181. The summed E-state index contributed by atoms with van der Waals surface area (Å²) in [6.07, 6.45) is 3.40. The van der Waals surface area contributed by atoms with Crippen LogP contribution in [0.25, 0.3) is 0 Å². The van der Waals surface area contributed by atoms with Crippen LogP contribution >= 0.6 is 0 Å². The van der Waals surface area contributed by atoms with E-state index in [-0.39, 0.29) is 23.4 Å². The van der Waals surface area contributed by atoms with Crippen LogP contribution in [0.15, 0.2) is 66.9 Å². The van der Waals surface area contributed by atoms with Crippen molar-refractivity contribution in [2.75, 3.05) is 16.8 Å². The van der Waals surface area contributed by atoms with Gasteiger partial charge in [0.05, 0.1) is 0 Å². The minimum Gasteiger partial charge on any atom is -0.322 e. The molecule has 0 atom stereocenters. The highest BCUT2D eigenvalue weighted by atomic mass is 16.2. The van der Waals surface area contributed by atoms with E-state index in [1.165, 1.54) is 6.20 Å². The summed E-state index contributed by atoms with van der Waals surface area (Å²) in [7, 11) is 0. The van der Waals surface area contributed by atoms with Crippen molar-refractivity contribution in [2.24, 2.45) is 0 Å². The Hall–Kier alpha value is -3.47. The van der Waals surface area contributed by atoms with Crippen LogP contribution in [-0.4, -0.2) is 23.3 Å². The molecular weight excluding hydrogens is 374 g/mol. The molecule has 0 fully saturated rings. The SMILES string of the molecule is CC(C)c1ccccc1NC(=O)c1ccnc(C(=O)N2CCCc3ccccc32)c1. The van der Waals surface area contributed by atoms with Gasteiger partial charge in [-0.25, -0.2) is 0 Å². The largest absolute Gasteiger partial charge is 0.322 e. The molecule has 30 heavy (non-hydrogen) atoms. The lowest BCUT2D eigenvalue weighted by Crippen LogP contribution is -2.36. The highest BCUT2D eigenvalue weighted by molar-refractivity contribution is 6.09. The number of para-hydroxylation sites is 2. The van der Waals surface area contributed by atoms with Gasteiger partial charge in [0.25, 0.3) is 11.8 Å². The molecule has 5 heteroatoms. The summed E-state index contributed by atoms with van der Waals surface area (Å²) in [4.78, 5) is 32.1. The van der Waals surface area contributed by atoms with E-state index in [0.717, 1.165) is 35.3 Å². The van der Waals surface area contributed by atoms with Crippen LogP contribution in [0.2, 0.25) is 0 Å². The van der Waals surface area contributed by atoms with Crippen LogP contribution < -0.4 is 10.2 Å². The first-order valence-electron chi connectivity index (χ1n) is 10.3. The fourth-order valence-corrected chi connectivity index (χ4v) is 3.88. The molecule has 2 heterocycles. The standard InChI is InChI=1S/C25H25N3O2/c1-17(2)20-10-4-5-11-21(20)27-24(29)19-13-14-26-22(16-19)25(30)28-15-7-9-18-8-3-6-12-23(18)28/h3-6,8,10-14,16-17H,7,9,15H2,1-2H3,(H,27,29). The van der Waals surface area contributed by atoms with Gasteiger partial charge in [-0.05, 0) is 54.2 Å². The molecule has 2 amide bonds. The summed E-state index contributed by atoms with van der Waals surface area (Å²) in [5.74, 6) is -0.145. The Balaban J connectivity index is 1.58. The maximum absolute atomic E-state index is 13.2. The van der Waals surface area contributed by atoms with Crippen LogP contribution in [0.1, 0.15) is 58.2 Å². The van der Waals surface area contributed by atoms with Crippen LogP contribution in [0, 0.1) is 0 Å². The van der Waals surface area contributed by atoms with Crippen molar-refractivity contribution >= 4 is 23.2 Å². The van der Waals surface area contributed by atoms with Crippen molar-refractivity contribution in [3.63, 3.8) is 0 Å². The molecular formula is C25H25N3O2. The van der Waals surface area contributed by atoms with Gasteiger partial charge in [-0.2, -0.15) is 0 Å². The number of amides is 2. The fourth-order valence-electron chi connectivity index (χ4n) is 3.88.